The second-order valence-corrected chi connectivity index (χ2v) is 4.93. The molecule has 3 N–H and O–H groups in total. The van der Waals surface area contributed by atoms with Crippen molar-refractivity contribution in [3.63, 3.8) is 0 Å². The lowest BCUT2D eigenvalue weighted by molar-refractivity contribution is 0.101. The Morgan fingerprint density at radius 2 is 2.00 bits per heavy atom. The molecule has 0 bridgehead atoms. The first-order valence-electron chi connectivity index (χ1n) is 6.55. The van der Waals surface area contributed by atoms with Crippen molar-refractivity contribution in [3.05, 3.63) is 35.6 Å². The van der Waals surface area contributed by atoms with E-state index in [2.05, 4.69) is 4.90 Å². The number of rotatable bonds is 4. The summed E-state index contributed by atoms with van der Waals surface area (Å²) in [4.78, 5) is 2.23. The van der Waals surface area contributed by atoms with Crippen molar-refractivity contribution in [1.29, 1.82) is 0 Å². The second kappa shape index (κ2) is 6.27. The van der Waals surface area contributed by atoms with E-state index in [-0.39, 0.29) is 18.5 Å². The van der Waals surface area contributed by atoms with Crippen LogP contribution < -0.4 is 5.73 Å². The number of aliphatic hydroxyl groups excluding tert-OH is 1. The molecule has 0 amide bonds. The Hall–Kier alpha value is -0.970. The minimum absolute atomic E-state index is 0.0501. The van der Waals surface area contributed by atoms with Gasteiger partial charge in [-0.3, -0.25) is 4.90 Å². The predicted octanol–water partition coefficient (Wildman–Crippen LogP) is 1.53. The van der Waals surface area contributed by atoms with E-state index in [9.17, 15) is 4.39 Å². The number of aliphatic hydroxyl groups is 1. The van der Waals surface area contributed by atoms with E-state index in [4.69, 9.17) is 10.8 Å². The van der Waals surface area contributed by atoms with Crippen LogP contribution in [0.2, 0.25) is 0 Å². The van der Waals surface area contributed by atoms with Gasteiger partial charge in [0.15, 0.2) is 0 Å². The first-order valence-corrected chi connectivity index (χ1v) is 6.55. The Morgan fingerprint density at radius 1 is 1.33 bits per heavy atom. The molecule has 4 heteroatoms. The molecule has 1 unspecified atom stereocenters. The summed E-state index contributed by atoms with van der Waals surface area (Å²) >= 11 is 0. The highest BCUT2D eigenvalue weighted by atomic mass is 19.1. The molecule has 1 aromatic rings. The minimum Gasteiger partial charge on any atom is -0.396 e. The summed E-state index contributed by atoms with van der Waals surface area (Å²) in [6.07, 6.45) is 1.92. The lowest BCUT2D eigenvalue weighted by atomic mass is 9.95. The van der Waals surface area contributed by atoms with Gasteiger partial charge in [0.1, 0.15) is 5.82 Å². The quantitative estimate of drug-likeness (QED) is 0.854. The van der Waals surface area contributed by atoms with Crippen LogP contribution in [0, 0.1) is 11.7 Å². The van der Waals surface area contributed by atoms with Crippen LogP contribution in [-0.2, 0) is 0 Å². The molecular weight excluding hydrogens is 231 g/mol. The topological polar surface area (TPSA) is 49.5 Å². The molecule has 1 saturated heterocycles. The van der Waals surface area contributed by atoms with Crippen molar-refractivity contribution in [1.82, 2.24) is 4.90 Å². The highest BCUT2D eigenvalue weighted by Crippen LogP contribution is 2.27. The number of nitrogens with two attached hydrogens (primary N) is 1. The van der Waals surface area contributed by atoms with Gasteiger partial charge in [-0.1, -0.05) is 18.2 Å². The number of hydrogen-bond donors (Lipinski definition) is 2. The van der Waals surface area contributed by atoms with Gasteiger partial charge in [0, 0.05) is 24.8 Å². The molecule has 0 radical (unpaired) electrons. The van der Waals surface area contributed by atoms with Gasteiger partial charge in [-0.2, -0.15) is 0 Å². The van der Waals surface area contributed by atoms with Crippen molar-refractivity contribution in [2.45, 2.75) is 18.9 Å². The van der Waals surface area contributed by atoms with E-state index in [1.807, 2.05) is 12.1 Å². The zero-order valence-electron chi connectivity index (χ0n) is 10.6. The van der Waals surface area contributed by atoms with E-state index in [1.54, 1.807) is 6.07 Å². The Balaban J connectivity index is 2.08. The minimum atomic E-state index is -0.183. The maximum atomic E-state index is 13.8. The largest absolute Gasteiger partial charge is 0.396 e. The molecule has 3 nitrogen and oxygen atoms in total. The molecule has 1 fully saturated rings. The molecule has 0 saturated carbocycles. The van der Waals surface area contributed by atoms with Crippen molar-refractivity contribution in [2.24, 2.45) is 11.7 Å². The maximum Gasteiger partial charge on any atom is 0.128 e. The third kappa shape index (κ3) is 2.88. The highest BCUT2D eigenvalue weighted by Gasteiger charge is 2.26. The van der Waals surface area contributed by atoms with Crippen molar-refractivity contribution >= 4 is 0 Å². The molecule has 100 valence electrons. The number of nitrogens with zero attached hydrogens (tertiary/aromatic N) is 1. The highest BCUT2D eigenvalue weighted by molar-refractivity contribution is 5.21. The Morgan fingerprint density at radius 3 is 2.56 bits per heavy atom. The summed E-state index contributed by atoms with van der Waals surface area (Å²) in [5, 5.41) is 9.13. The molecule has 0 spiro atoms. The molecule has 1 heterocycles. The SMILES string of the molecule is NCC(c1ccccc1F)N1CCC(CO)CC1. The number of piperidine rings is 1. The standard InChI is InChI=1S/C14H21FN2O/c15-13-4-2-1-3-12(13)14(9-16)17-7-5-11(10-18)6-8-17/h1-4,11,14,18H,5-10,16H2. The van der Waals surface area contributed by atoms with Crippen LogP contribution in [0.5, 0.6) is 0 Å². The average Bonchev–Trinajstić information content (AvgIpc) is 2.42. The Bertz CT molecular complexity index is 378. The molecule has 1 atom stereocenters. The van der Waals surface area contributed by atoms with Crippen LogP contribution in [0.3, 0.4) is 0 Å². The number of halogens is 1. The van der Waals surface area contributed by atoms with Gasteiger partial charge >= 0.3 is 0 Å². The van der Waals surface area contributed by atoms with Gasteiger partial charge in [0.05, 0.1) is 0 Å². The fourth-order valence-electron chi connectivity index (χ4n) is 2.67. The van der Waals surface area contributed by atoms with Gasteiger partial charge in [0.2, 0.25) is 0 Å². The number of benzene rings is 1. The summed E-state index contributed by atoms with van der Waals surface area (Å²) in [6.45, 7) is 2.43. The normalized spacial score (nSPS) is 19.9. The first kappa shape index (κ1) is 13.5. The van der Waals surface area contributed by atoms with Crippen molar-refractivity contribution in [2.75, 3.05) is 26.2 Å². The van der Waals surface area contributed by atoms with Gasteiger partial charge in [-0.15, -0.1) is 0 Å². The van der Waals surface area contributed by atoms with E-state index in [0.717, 1.165) is 25.9 Å². The van der Waals surface area contributed by atoms with E-state index >= 15 is 0 Å². The Labute approximate surface area is 107 Å². The molecule has 0 aliphatic carbocycles. The van der Waals surface area contributed by atoms with Gasteiger partial charge in [0.25, 0.3) is 0 Å². The summed E-state index contributed by atoms with van der Waals surface area (Å²) in [6, 6.07) is 6.79. The second-order valence-electron chi connectivity index (χ2n) is 4.93. The van der Waals surface area contributed by atoms with Crippen LogP contribution in [0.25, 0.3) is 0 Å². The fraction of sp³-hybridized carbons (Fsp3) is 0.571. The van der Waals surface area contributed by atoms with Crippen LogP contribution in [0.4, 0.5) is 4.39 Å². The van der Waals surface area contributed by atoms with E-state index < -0.39 is 0 Å². The number of hydrogen-bond acceptors (Lipinski definition) is 3. The van der Waals surface area contributed by atoms with Gasteiger partial charge in [-0.05, 0) is 37.9 Å². The van der Waals surface area contributed by atoms with E-state index in [0.29, 0.717) is 18.0 Å². The summed E-state index contributed by atoms with van der Waals surface area (Å²) in [5.41, 5.74) is 6.50. The summed E-state index contributed by atoms with van der Waals surface area (Å²) in [7, 11) is 0. The van der Waals surface area contributed by atoms with Crippen LogP contribution in [-0.4, -0.2) is 36.2 Å². The van der Waals surface area contributed by atoms with Crippen LogP contribution >= 0.6 is 0 Å². The number of likely N-dealkylation sites (tertiary alicyclic amines) is 1. The van der Waals surface area contributed by atoms with Crippen LogP contribution in [0.15, 0.2) is 24.3 Å². The third-order valence-corrected chi connectivity index (χ3v) is 3.84. The average molecular weight is 252 g/mol. The maximum absolute atomic E-state index is 13.8. The van der Waals surface area contributed by atoms with Gasteiger partial charge < -0.3 is 10.8 Å². The lowest BCUT2D eigenvalue weighted by Crippen LogP contribution is -2.40. The molecule has 18 heavy (non-hydrogen) atoms. The fourth-order valence-corrected chi connectivity index (χ4v) is 2.67. The van der Waals surface area contributed by atoms with Crippen LogP contribution in [0.1, 0.15) is 24.4 Å². The monoisotopic (exact) mass is 252 g/mol. The molecule has 0 aromatic heterocycles. The smallest absolute Gasteiger partial charge is 0.128 e. The molecule has 1 aliphatic heterocycles. The summed E-state index contributed by atoms with van der Waals surface area (Å²) < 4.78 is 13.8. The van der Waals surface area contributed by atoms with Crippen molar-refractivity contribution < 1.29 is 9.50 Å². The predicted molar refractivity (Wildman–Crippen MR) is 69.6 cm³/mol. The zero-order chi connectivity index (χ0) is 13.0. The zero-order valence-corrected chi connectivity index (χ0v) is 10.6. The molecular formula is C14H21FN2O. The van der Waals surface area contributed by atoms with E-state index in [1.165, 1.54) is 6.07 Å². The third-order valence-electron chi connectivity index (χ3n) is 3.84. The Kier molecular flexibility index (Phi) is 4.69. The molecule has 2 rings (SSSR count). The lowest BCUT2D eigenvalue weighted by Gasteiger charge is -2.37. The first-order chi connectivity index (χ1) is 8.76. The molecule has 1 aromatic carbocycles. The summed E-state index contributed by atoms with van der Waals surface area (Å²) in [5.74, 6) is 0.206. The van der Waals surface area contributed by atoms with Crippen molar-refractivity contribution in [3.8, 4) is 0 Å². The molecule has 1 aliphatic rings. The van der Waals surface area contributed by atoms with Gasteiger partial charge in [-0.25, -0.2) is 4.39 Å².